The second-order valence-corrected chi connectivity index (χ2v) is 6.20. The average molecular weight is 345 g/mol. The first-order chi connectivity index (χ1) is 12.2. The second-order valence-electron chi connectivity index (χ2n) is 6.20. The van der Waals surface area contributed by atoms with E-state index in [1.165, 1.54) is 6.08 Å². The molecule has 2 aliphatic heterocycles. The summed E-state index contributed by atoms with van der Waals surface area (Å²) in [5.74, 6) is 0.700. The number of rotatable bonds is 5. The summed E-state index contributed by atoms with van der Waals surface area (Å²) in [6.45, 7) is 2.83. The SMILES string of the molecule is CC[C@H]1CCCCN1C(=O)COC(=O)/C=C/c1ccc2c(c1)OCO2. The molecule has 1 fully saturated rings. The van der Waals surface area contributed by atoms with Crippen molar-refractivity contribution in [3.8, 4) is 11.5 Å². The zero-order valence-electron chi connectivity index (χ0n) is 14.4. The number of nitrogens with zero attached hydrogens (tertiary/aromatic N) is 1. The topological polar surface area (TPSA) is 65.1 Å². The van der Waals surface area contributed by atoms with Crippen LogP contribution in [0.4, 0.5) is 0 Å². The van der Waals surface area contributed by atoms with Crippen molar-refractivity contribution in [3.63, 3.8) is 0 Å². The average Bonchev–Trinajstić information content (AvgIpc) is 3.12. The third-order valence-electron chi connectivity index (χ3n) is 4.57. The first-order valence-corrected chi connectivity index (χ1v) is 8.71. The number of carbonyl (C=O) groups excluding carboxylic acids is 2. The Morgan fingerprint density at radius 1 is 1.28 bits per heavy atom. The molecule has 3 rings (SSSR count). The summed E-state index contributed by atoms with van der Waals surface area (Å²) in [7, 11) is 0. The van der Waals surface area contributed by atoms with Gasteiger partial charge in [0.05, 0.1) is 0 Å². The summed E-state index contributed by atoms with van der Waals surface area (Å²) in [6.07, 6.45) is 7.08. The Hall–Kier alpha value is -2.50. The van der Waals surface area contributed by atoms with Gasteiger partial charge in [0.25, 0.3) is 5.91 Å². The van der Waals surface area contributed by atoms with Gasteiger partial charge in [-0.15, -0.1) is 0 Å². The van der Waals surface area contributed by atoms with E-state index in [-0.39, 0.29) is 25.3 Å². The summed E-state index contributed by atoms with van der Waals surface area (Å²) in [5, 5.41) is 0. The number of hydrogen-bond acceptors (Lipinski definition) is 5. The van der Waals surface area contributed by atoms with Gasteiger partial charge in [0.1, 0.15) is 0 Å². The fourth-order valence-electron chi connectivity index (χ4n) is 3.20. The molecule has 0 aliphatic carbocycles. The highest BCUT2D eigenvalue weighted by atomic mass is 16.7. The smallest absolute Gasteiger partial charge is 0.331 e. The Morgan fingerprint density at radius 2 is 2.12 bits per heavy atom. The van der Waals surface area contributed by atoms with E-state index < -0.39 is 5.97 Å². The van der Waals surface area contributed by atoms with Crippen molar-refractivity contribution in [2.45, 2.75) is 38.6 Å². The Bertz CT molecular complexity index is 670. The fourth-order valence-corrected chi connectivity index (χ4v) is 3.20. The molecule has 0 spiro atoms. The van der Waals surface area contributed by atoms with Gasteiger partial charge in [0.15, 0.2) is 18.1 Å². The number of ether oxygens (including phenoxy) is 3. The van der Waals surface area contributed by atoms with Crippen molar-refractivity contribution in [1.29, 1.82) is 0 Å². The zero-order chi connectivity index (χ0) is 17.6. The minimum absolute atomic E-state index is 0.114. The highest BCUT2D eigenvalue weighted by Crippen LogP contribution is 2.32. The predicted molar refractivity (Wildman–Crippen MR) is 92.2 cm³/mol. The van der Waals surface area contributed by atoms with Gasteiger partial charge in [0.2, 0.25) is 6.79 Å². The molecule has 134 valence electrons. The number of amides is 1. The third-order valence-corrected chi connectivity index (χ3v) is 4.57. The standard InChI is InChI=1S/C19H23NO5/c1-2-15-5-3-4-10-20(15)18(21)12-23-19(22)9-7-14-6-8-16-17(11-14)25-13-24-16/h6-9,11,15H,2-5,10,12-13H2,1H3/b9-7+/t15-/m0/s1. The zero-order valence-corrected chi connectivity index (χ0v) is 14.4. The lowest BCUT2D eigenvalue weighted by Crippen LogP contribution is -2.45. The van der Waals surface area contributed by atoms with Crippen LogP contribution in [0.25, 0.3) is 6.08 Å². The molecule has 2 aliphatic rings. The number of carbonyl (C=O) groups is 2. The van der Waals surface area contributed by atoms with Crippen LogP contribution in [-0.4, -0.2) is 42.8 Å². The van der Waals surface area contributed by atoms with Crippen molar-refractivity contribution in [2.75, 3.05) is 19.9 Å². The molecular formula is C19H23NO5. The van der Waals surface area contributed by atoms with Crippen LogP contribution < -0.4 is 9.47 Å². The summed E-state index contributed by atoms with van der Waals surface area (Å²) in [4.78, 5) is 26.0. The van der Waals surface area contributed by atoms with Crippen molar-refractivity contribution in [3.05, 3.63) is 29.8 Å². The van der Waals surface area contributed by atoms with Crippen LogP contribution in [0, 0.1) is 0 Å². The van der Waals surface area contributed by atoms with Crippen LogP contribution in [0.15, 0.2) is 24.3 Å². The third kappa shape index (κ3) is 4.32. The Labute approximate surface area is 147 Å². The van der Waals surface area contributed by atoms with Gasteiger partial charge in [-0.1, -0.05) is 13.0 Å². The lowest BCUT2D eigenvalue weighted by atomic mass is 10.00. The maximum Gasteiger partial charge on any atom is 0.331 e. The molecule has 6 heteroatoms. The van der Waals surface area contributed by atoms with Gasteiger partial charge in [-0.05, 0) is 49.5 Å². The van der Waals surface area contributed by atoms with E-state index in [2.05, 4.69) is 6.92 Å². The van der Waals surface area contributed by atoms with Crippen LogP contribution in [0.1, 0.15) is 38.2 Å². The highest BCUT2D eigenvalue weighted by molar-refractivity contribution is 5.89. The first kappa shape index (κ1) is 17.3. The molecule has 0 bridgehead atoms. The van der Waals surface area contributed by atoms with Crippen LogP contribution >= 0.6 is 0 Å². The summed E-state index contributed by atoms with van der Waals surface area (Å²) >= 11 is 0. The van der Waals surface area contributed by atoms with E-state index >= 15 is 0 Å². The molecule has 0 aromatic heterocycles. The Morgan fingerprint density at radius 3 is 2.96 bits per heavy atom. The molecule has 25 heavy (non-hydrogen) atoms. The van der Waals surface area contributed by atoms with Gasteiger partial charge in [-0.3, -0.25) is 4.79 Å². The quantitative estimate of drug-likeness (QED) is 0.606. The van der Waals surface area contributed by atoms with E-state index in [9.17, 15) is 9.59 Å². The monoisotopic (exact) mass is 345 g/mol. The maximum atomic E-state index is 12.3. The minimum Gasteiger partial charge on any atom is -0.454 e. The van der Waals surface area contributed by atoms with Gasteiger partial charge in [-0.2, -0.15) is 0 Å². The molecule has 0 radical (unpaired) electrons. The molecule has 0 unspecified atom stereocenters. The molecular weight excluding hydrogens is 322 g/mol. The first-order valence-electron chi connectivity index (χ1n) is 8.71. The number of likely N-dealkylation sites (tertiary alicyclic amines) is 1. The summed E-state index contributed by atoms with van der Waals surface area (Å²) in [5.41, 5.74) is 0.801. The second kappa shape index (κ2) is 8.05. The van der Waals surface area contributed by atoms with Gasteiger partial charge < -0.3 is 19.1 Å². The largest absolute Gasteiger partial charge is 0.454 e. The minimum atomic E-state index is -0.531. The van der Waals surface area contributed by atoms with E-state index in [1.807, 2.05) is 11.0 Å². The number of piperidine rings is 1. The Balaban J connectivity index is 1.49. The lowest BCUT2D eigenvalue weighted by molar-refractivity contribution is -0.150. The van der Waals surface area contributed by atoms with Crippen molar-refractivity contribution in [2.24, 2.45) is 0 Å². The van der Waals surface area contributed by atoms with Crippen LogP contribution in [-0.2, 0) is 14.3 Å². The highest BCUT2D eigenvalue weighted by Gasteiger charge is 2.25. The van der Waals surface area contributed by atoms with E-state index in [4.69, 9.17) is 14.2 Å². The summed E-state index contributed by atoms with van der Waals surface area (Å²) in [6, 6.07) is 5.67. The molecule has 1 saturated heterocycles. The van der Waals surface area contributed by atoms with E-state index in [1.54, 1.807) is 18.2 Å². The Kier molecular flexibility index (Phi) is 5.58. The van der Waals surface area contributed by atoms with Crippen molar-refractivity contribution < 1.29 is 23.8 Å². The van der Waals surface area contributed by atoms with Gasteiger partial charge >= 0.3 is 5.97 Å². The molecule has 1 amide bonds. The number of benzene rings is 1. The molecule has 0 N–H and O–H groups in total. The molecule has 0 saturated carbocycles. The number of fused-ring (bicyclic) bond motifs is 1. The van der Waals surface area contributed by atoms with Crippen LogP contribution in [0.2, 0.25) is 0 Å². The van der Waals surface area contributed by atoms with Crippen molar-refractivity contribution in [1.82, 2.24) is 4.90 Å². The van der Waals surface area contributed by atoms with Crippen LogP contribution in [0.3, 0.4) is 0 Å². The van der Waals surface area contributed by atoms with Gasteiger partial charge in [-0.25, -0.2) is 4.79 Å². The van der Waals surface area contributed by atoms with E-state index in [0.717, 1.165) is 37.8 Å². The predicted octanol–water partition coefficient (Wildman–Crippen LogP) is 2.76. The number of esters is 1. The van der Waals surface area contributed by atoms with Crippen molar-refractivity contribution >= 4 is 18.0 Å². The fraction of sp³-hybridized carbons (Fsp3) is 0.474. The van der Waals surface area contributed by atoms with Gasteiger partial charge in [0, 0.05) is 18.7 Å². The molecule has 1 aromatic rings. The normalized spacial score (nSPS) is 19.2. The number of hydrogen-bond donors (Lipinski definition) is 0. The maximum absolute atomic E-state index is 12.3. The molecule has 2 heterocycles. The molecule has 6 nitrogen and oxygen atoms in total. The molecule has 1 aromatic carbocycles. The lowest BCUT2D eigenvalue weighted by Gasteiger charge is -2.35. The van der Waals surface area contributed by atoms with Crippen LogP contribution in [0.5, 0.6) is 11.5 Å². The molecule has 1 atom stereocenters. The van der Waals surface area contributed by atoms with E-state index in [0.29, 0.717) is 11.5 Å². The summed E-state index contributed by atoms with van der Waals surface area (Å²) < 4.78 is 15.6.